The van der Waals surface area contributed by atoms with E-state index in [1.165, 1.54) is 0 Å². The van der Waals surface area contributed by atoms with Gasteiger partial charge >= 0.3 is 5.97 Å². The number of amidine groups is 1. The molecule has 0 amide bonds. The van der Waals surface area contributed by atoms with Crippen LogP contribution in [0.1, 0.15) is 17.5 Å². The number of rotatable bonds is 4. The predicted octanol–water partition coefficient (Wildman–Crippen LogP) is 1.28. The van der Waals surface area contributed by atoms with Crippen molar-refractivity contribution in [2.45, 2.75) is 12.8 Å². The maximum Gasteiger partial charge on any atom is 0.303 e. The Balaban J connectivity index is 2.47. The van der Waals surface area contributed by atoms with Crippen molar-refractivity contribution >= 4 is 22.7 Å². The molecule has 0 spiro atoms. The molecule has 1 aromatic heterocycles. The summed E-state index contributed by atoms with van der Waals surface area (Å²) >= 11 is 0. The molecule has 0 aliphatic carbocycles. The van der Waals surface area contributed by atoms with Crippen LogP contribution in [0.25, 0.3) is 10.9 Å². The molecule has 1 aromatic carbocycles. The molecular weight excluding hydrogens is 234 g/mol. The highest BCUT2D eigenvalue weighted by Gasteiger charge is 2.11. The first-order chi connectivity index (χ1) is 8.63. The number of H-pyrrole nitrogens is 1. The fraction of sp³-hybridized carbons (Fsp3) is 0.167. The van der Waals surface area contributed by atoms with Gasteiger partial charge < -0.3 is 21.0 Å². The number of carbonyl (C=O) groups is 1. The summed E-state index contributed by atoms with van der Waals surface area (Å²) in [6.07, 6.45) is 2.24. The van der Waals surface area contributed by atoms with E-state index in [-0.39, 0.29) is 12.3 Å². The number of aromatic amines is 1. The lowest BCUT2D eigenvalue weighted by Gasteiger charge is -2.06. The number of aromatic nitrogens is 1. The van der Waals surface area contributed by atoms with Crippen LogP contribution in [0.4, 0.5) is 0 Å². The smallest absolute Gasteiger partial charge is 0.303 e. The number of carboxylic acid groups (broad SMARTS) is 1. The van der Waals surface area contributed by atoms with Gasteiger partial charge in [0.25, 0.3) is 0 Å². The SMILES string of the molecule is NC(=NO)c1ccc(CCC(=O)O)c2[nH]ccc12. The molecule has 2 aromatic rings. The zero-order chi connectivity index (χ0) is 13.1. The van der Waals surface area contributed by atoms with Crippen molar-refractivity contribution in [1.29, 1.82) is 0 Å². The van der Waals surface area contributed by atoms with Crippen LogP contribution in [0.2, 0.25) is 0 Å². The molecule has 0 aliphatic heterocycles. The molecule has 0 radical (unpaired) electrons. The van der Waals surface area contributed by atoms with E-state index in [1.54, 1.807) is 18.3 Å². The van der Waals surface area contributed by atoms with E-state index in [2.05, 4.69) is 10.1 Å². The number of benzene rings is 1. The summed E-state index contributed by atoms with van der Waals surface area (Å²) in [7, 11) is 0. The van der Waals surface area contributed by atoms with E-state index < -0.39 is 5.97 Å². The first kappa shape index (κ1) is 12.0. The van der Waals surface area contributed by atoms with Crippen molar-refractivity contribution in [3.63, 3.8) is 0 Å². The van der Waals surface area contributed by atoms with Gasteiger partial charge in [-0.2, -0.15) is 0 Å². The third kappa shape index (κ3) is 2.13. The van der Waals surface area contributed by atoms with Crippen molar-refractivity contribution < 1.29 is 15.1 Å². The molecule has 1 heterocycles. The zero-order valence-corrected chi connectivity index (χ0v) is 9.55. The predicted molar refractivity (Wildman–Crippen MR) is 66.8 cm³/mol. The molecule has 94 valence electrons. The third-order valence-corrected chi connectivity index (χ3v) is 2.80. The van der Waals surface area contributed by atoms with Crippen LogP contribution in [0.5, 0.6) is 0 Å². The number of oxime groups is 1. The molecule has 0 unspecified atom stereocenters. The Hall–Kier alpha value is -2.50. The third-order valence-electron chi connectivity index (χ3n) is 2.80. The van der Waals surface area contributed by atoms with Gasteiger partial charge in [0.15, 0.2) is 5.84 Å². The van der Waals surface area contributed by atoms with Crippen LogP contribution in [-0.4, -0.2) is 27.1 Å². The van der Waals surface area contributed by atoms with Gasteiger partial charge in [-0.25, -0.2) is 0 Å². The van der Waals surface area contributed by atoms with Gasteiger partial charge in [0.2, 0.25) is 0 Å². The van der Waals surface area contributed by atoms with Gasteiger partial charge in [-0.15, -0.1) is 0 Å². The van der Waals surface area contributed by atoms with Gasteiger partial charge in [0, 0.05) is 29.1 Å². The maximum absolute atomic E-state index is 10.6. The van der Waals surface area contributed by atoms with Crippen LogP contribution in [0.3, 0.4) is 0 Å². The Morgan fingerprint density at radius 2 is 2.17 bits per heavy atom. The number of hydrogen-bond acceptors (Lipinski definition) is 3. The van der Waals surface area contributed by atoms with Crippen LogP contribution in [0.15, 0.2) is 29.6 Å². The van der Waals surface area contributed by atoms with Crippen molar-refractivity contribution in [1.82, 2.24) is 4.98 Å². The molecule has 6 heteroatoms. The van der Waals surface area contributed by atoms with Crippen molar-refractivity contribution in [2.75, 3.05) is 0 Å². The fourth-order valence-corrected chi connectivity index (χ4v) is 1.94. The standard InChI is InChI=1S/C12H13N3O3/c13-12(15-18)9-3-1-7(2-4-10(16)17)11-8(9)5-6-14-11/h1,3,5-6,14,18H,2,4H2,(H2,13,15)(H,16,17). The lowest BCUT2D eigenvalue weighted by Crippen LogP contribution is -2.13. The van der Waals surface area contributed by atoms with Gasteiger partial charge in [-0.1, -0.05) is 17.3 Å². The highest BCUT2D eigenvalue weighted by molar-refractivity contribution is 6.08. The highest BCUT2D eigenvalue weighted by atomic mass is 16.4. The molecule has 6 nitrogen and oxygen atoms in total. The minimum atomic E-state index is -0.838. The van der Waals surface area contributed by atoms with E-state index >= 15 is 0 Å². The average Bonchev–Trinajstić information content (AvgIpc) is 2.84. The molecule has 0 saturated carbocycles. The lowest BCUT2D eigenvalue weighted by atomic mass is 10.0. The average molecular weight is 247 g/mol. The molecule has 0 bridgehead atoms. The Morgan fingerprint density at radius 1 is 1.39 bits per heavy atom. The zero-order valence-electron chi connectivity index (χ0n) is 9.55. The van der Waals surface area contributed by atoms with Gasteiger partial charge in [0.05, 0.1) is 0 Å². The summed E-state index contributed by atoms with van der Waals surface area (Å²) in [4.78, 5) is 13.6. The molecular formula is C12H13N3O3. The number of carboxylic acids is 1. The first-order valence-electron chi connectivity index (χ1n) is 5.42. The Labute approximate surface area is 103 Å². The molecule has 2 rings (SSSR count). The maximum atomic E-state index is 10.6. The minimum Gasteiger partial charge on any atom is -0.481 e. The van der Waals surface area contributed by atoms with Crippen LogP contribution in [0, 0.1) is 0 Å². The monoisotopic (exact) mass is 247 g/mol. The van der Waals surface area contributed by atoms with E-state index in [0.717, 1.165) is 16.5 Å². The van der Waals surface area contributed by atoms with E-state index in [9.17, 15) is 4.79 Å². The molecule has 18 heavy (non-hydrogen) atoms. The number of aryl methyl sites for hydroxylation is 1. The van der Waals surface area contributed by atoms with Gasteiger partial charge in [-0.3, -0.25) is 4.79 Å². The summed E-state index contributed by atoms with van der Waals surface area (Å²) in [5, 5.41) is 21.2. The van der Waals surface area contributed by atoms with E-state index in [0.29, 0.717) is 12.0 Å². The normalized spacial score (nSPS) is 11.9. The Bertz CT molecular complexity index is 616. The van der Waals surface area contributed by atoms with Crippen molar-refractivity contribution in [3.05, 3.63) is 35.5 Å². The fourth-order valence-electron chi connectivity index (χ4n) is 1.94. The molecule has 0 atom stereocenters. The Kier molecular flexibility index (Phi) is 3.18. The van der Waals surface area contributed by atoms with Gasteiger partial charge in [0.1, 0.15) is 0 Å². The van der Waals surface area contributed by atoms with Gasteiger partial charge in [-0.05, 0) is 18.1 Å². The van der Waals surface area contributed by atoms with Crippen molar-refractivity contribution in [3.8, 4) is 0 Å². The topological polar surface area (TPSA) is 112 Å². The lowest BCUT2D eigenvalue weighted by molar-refractivity contribution is -0.136. The van der Waals surface area contributed by atoms with Crippen molar-refractivity contribution in [2.24, 2.45) is 10.9 Å². The Morgan fingerprint density at radius 3 is 2.83 bits per heavy atom. The summed E-state index contributed by atoms with van der Waals surface area (Å²) in [6.45, 7) is 0. The summed E-state index contributed by atoms with van der Waals surface area (Å²) in [6, 6.07) is 5.32. The molecule has 0 fully saturated rings. The second kappa shape index (κ2) is 4.79. The number of nitrogens with one attached hydrogen (secondary N) is 1. The summed E-state index contributed by atoms with van der Waals surface area (Å²) < 4.78 is 0. The molecule has 0 aliphatic rings. The summed E-state index contributed by atoms with van der Waals surface area (Å²) in [5.41, 5.74) is 7.92. The number of aliphatic carboxylic acids is 1. The first-order valence-corrected chi connectivity index (χ1v) is 5.42. The number of fused-ring (bicyclic) bond motifs is 1. The second-order valence-electron chi connectivity index (χ2n) is 3.92. The number of nitrogens with zero attached hydrogens (tertiary/aromatic N) is 1. The molecule has 5 N–H and O–H groups in total. The minimum absolute atomic E-state index is 0.0318. The largest absolute Gasteiger partial charge is 0.481 e. The van der Waals surface area contributed by atoms with E-state index in [4.69, 9.17) is 16.0 Å². The molecule has 0 saturated heterocycles. The summed E-state index contributed by atoms with van der Waals surface area (Å²) in [5.74, 6) is -0.806. The quantitative estimate of drug-likeness (QED) is 0.282. The van der Waals surface area contributed by atoms with Crippen LogP contribution >= 0.6 is 0 Å². The van der Waals surface area contributed by atoms with Crippen LogP contribution < -0.4 is 5.73 Å². The highest BCUT2D eigenvalue weighted by Crippen LogP contribution is 2.22. The van der Waals surface area contributed by atoms with Crippen LogP contribution in [-0.2, 0) is 11.2 Å². The number of nitrogens with two attached hydrogens (primary N) is 1. The second-order valence-corrected chi connectivity index (χ2v) is 3.92. The number of hydrogen-bond donors (Lipinski definition) is 4. The van der Waals surface area contributed by atoms with E-state index in [1.807, 2.05) is 6.07 Å².